The molecule has 1 spiro atoms. The Balaban J connectivity index is 1.39. The molecule has 0 radical (unpaired) electrons. The molecule has 8 nitrogen and oxygen atoms in total. The third-order valence-corrected chi connectivity index (χ3v) is 9.56. The number of carbonyl (C=O) groups is 1. The Morgan fingerprint density at radius 3 is 2.39 bits per heavy atom. The largest absolute Gasteiger partial charge is 0.334 e. The van der Waals surface area contributed by atoms with Crippen molar-refractivity contribution in [2.24, 2.45) is 7.05 Å². The highest BCUT2D eigenvalue weighted by molar-refractivity contribution is 7.91. The first-order valence-corrected chi connectivity index (χ1v) is 14.2. The van der Waals surface area contributed by atoms with E-state index in [9.17, 15) is 13.2 Å². The number of nitrogens with one attached hydrogen (secondary N) is 1. The number of nitrogens with zero attached hydrogens (tertiary/aromatic N) is 4. The number of aryl methyl sites for hydroxylation is 2. The third kappa shape index (κ3) is 4.09. The van der Waals surface area contributed by atoms with Crippen molar-refractivity contribution < 1.29 is 13.2 Å². The van der Waals surface area contributed by atoms with Crippen molar-refractivity contribution in [2.45, 2.75) is 63.3 Å². The fourth-order valence-corrected chi connectivity index (χ4v) is 6.57. The lowest BCUT2D eigenvalue weighted by molar-refractivity contribution is 0.245. The number of hydrogen-bond acceptors (Lipinski definition) is 5. The molecule has 190 valence electrons. The molecule has 0 unspecified atom stereocenters. The van der Waals surface area contributed by atoms with E-state index in [4.69, 9.17) is 4.98 Å². The minimum atomic E-state index is -3.24. The lowest BCUT2D eigenvalue weighted by atomic mass is 9.84. The lowest BCUT2D eigenvalue weighted by Crippen LogP contribution is -2.41. The number of pyridine rings is 1. The number of fused-ring (bicyclic) bond motifs is 2. The molecule has 0 atom stereocenters. The van der Waals surface area contributed by atoms with Crippen molar-refractivity contribution in [3.63, 3.8) is 0 Å². The second-order valence-electron chi connectivity index (χ2n) is 10.0. The van der Waals surface area contributed by atoms with Crippen molar-refractivity contribution in [3.8, 4) is 11.3 Å². The highest BCUT2D eigenvalue weighted by Gasteiger charge is 2.48. The van der Waals surface area contributed by atoms with Crippen LogP contribution in [0.1, 0.15) is 55.3 Å². The van der Waals surface area contributed by atoms with E-state index in [2.05, 4.69) is 17.3 Å². The molecule has 2 aliphatic rings. The molecule has 36 heavy (non-hydrogen) atoms. The van der Waals surface area contributed by atoms with E-state index < -0.39 is 9.84 Å². The van der Waals surface area contributed by atoms with E-state index in [1.54, 1.807) is 31.2 Å². The third-order valence-electron chi connectivity index (χ3n) is 7.81. The first kappa shape index (κ1) is 24.5. The number of sulfone groups is 1. The van der Waals surface area contributed by atoms with Crippen molar-refractivity contribution in [1.82, 2.24) is 20.1 Å². The predicted octanol–water partition coefficient (Wildman–Crippen LogP) is 4.43. The molecule has 1 N–H and O–H groups in total. The van der Waals surface area contributed by atoms with Gasteiger partial charge >= 0.3 is 6.03 Å². The molecule has 1 saturated carbocycles. The van der Waals surface area contributed by atoms with Gasteiger partial charge in [0.25, 0.3) is 0 Å². The van der Waals surface area contributed by atoms with Crippen molar-refractivity contribution in [1.29, 1.82) is 0 Å². The summed E-state index contributed by atoms with van der Waals surface area (Å²) in [6.07, 6.45) is 4.33. The Morgan fingerprint density at radius 1 is 1.08 bits per heavy atom. The fraction of sp³-hybridized carbons (Fsp3) is 0.444. The number of urea groups is 1. The van der Waals surface area contributed by atoms with E-state index in [-0.39, 0.29) is 17.2 Å². The van der Waals surface area contributed by atoms with Crippen molar-refractivity contribution in [2.75, 3.05) is 17.2 Å². The molecular weight excluding hydrogens is 474 g/mol. The van der Waals surface area contributed by atoms with E-state index in [1.807, 2.05) is 35.7 Å². The molecule has 2 aromatic heterocycles. The van der Waals surface area contributed by atoms with E-state index >= 15 is 0 Å². The zero-order valence-electron chi connectivity index (χ0n) is 21.3. The summed E-state index contributed by atoms with van der Waals surface area (Å²) >= 11 is 0. The van der Waals surface area contributed by atoms with Gasteiger partial charge in [-0.05, 0) is 56.5 Å². The molecule has 5 rings (SSSR count). The van der Waals surface area contributed by atoms with Gasteiger partial charge in [0.05, 0.1) is 33.4 Å². The van der Waals surface area contributed by atoms with Crippen LogP contribution in [0.3, 0.4) is 0 Å². The lowest BCUT2D eigenvalue weighted by Gasteiger charge is -2.24. The fourth-order valence-electron chi connectivity index (χ4n) is 5.69. The van der Waals surface area contributed by atoms with Crippen LogP contribution in [0.25, 0.3) is 11.3 Å². The van der Waals surface area contributed by atoms with Crippen LogP contribution < -0.4 is 10.2 Å². The van der Waals surface area contributed by atoms with Gasteiger partial charge in [-0.15, -0.1) is 0 Å². The Bertz CT molecular complexity index is 1420. The van der Waals surface area contributed by atoms with Crippen molar-refractivity contribution in [3.05, 3.63) is 59.0 Å². The summed E-state index contributed by atoms with van der Waals surface area (Å²) in [6, 6.07) is 10.6. The minimum Gasteiger partial charge on any atom is -0.334 e. The molecule has 3 heterocycles. The van der Waals surface area contributed by atoms with Gasteiger partial charge < -0.3 is 5.32 Å². The summed E-state index contributed by atoms with van der Waals surface area (Å²) in [6.45, 7) is 6.64. The number of anilines is 1. The first-order chi connectivity index (χ1) is 17.1. The number of aromatic nitrogens is 3. The van der Waals surface area contributed by atoms with E-state index in [1.165, 1.54) is 0 Å². The summed E-state index contributed by atoms with van der Waals surface area (Å²) in [5.74, 6) is 0.0644. The Kier molecular flexibility index (Phi) is 6.14. The number of carbonyl (C=O) groups excluding carboxylic acids is 1. The SMILES string of the molecule is CCS(=O)(=O)c1ccc(CNC(=O)N2CC3(CCCC3)c3nc(-c4c(C)nn(C)c4C)ccc32)cc1. The van der Waals surface area contributed by atoms with Crippen LogP contribution >= 0.6 is 0 Å². The second kappa shape index (κ2) is 9.03. The Hall–Kier alpha value is -3.20. The van der Waals surface area contributed by atoms with Gasteiger partial charge in [-0.1, -0.05) is 31.9 Å². The normalized spacial score (nSPS) is 16.5. The van der Waals surface area contributed by atoms with Crippen LogP contribution in [0.4, 0.5) is 10.5 Å². The molecule has 0 saturated heterocycles. The standard InChI is InChI=1S/C27H33N5O3S/c1-5-36(34,35)21-10-8-20(9-11-21)16-28-26(33)32-17-27(14-6-7-15-27)25-23(32)13-12-22(29-25)24-18(2)30-31(4)19(24)3/h8-13H,5-7,14-17H2,1-4H3,(H,28,33). The molecule has 1 aliphatic heterocycles. The summed E-state index contributed by atoms with van der Waals surface area (Å²) < 4.78 is 26.0. The maximum atomic E-state index is 13.3. The first-order valence-electron chi connectivity index (χ1n) is 12.5. The van der Waals surface area contributed by atoms with E-state index in [0.717, 1.165) is 65.3 Å². The number of benzene rings is 1. The van der Waals surface area contributed by atoms with Gasteiger partial charge in [0.2, 0.25) is 0 Å². The highest BCUT2D eigenvalue weighted by Crippen LogP contribution is 2.50. The highest BCUT2D eigenvalue weighted by atomic mass is 32.2. The number of amides is 2. The monoisotopic (exact) mass is 507 g/mol. The van der Waals surface area contributed by atoms with Gasteiger partial charge in [-0.2, -0.15) is 5.10 Å². The van der Waals surface area contributed by atoms with Crippen molar-refractivity contribution >= 4 is 21.6 Å². The smallest absolute Gasteiger partial charge is 0.322 e. The van der Waals surface area contributed by atoms with Gasteiger partial charge in [-0.3, -0.25) is 9.58 Å². The van der Waals surface area contributed by atoms with Gasteiger partial charge in [0, 0.05) is 36.8 Å². The molecule has 1 aliphatic carbocycles. The molecule has 1 aromatic carbocycles. The second-order valence-corrected chi connectivity index (χ2v) is 12.3. The van der Waals surface area contributed by atoms with E-state index in [0.29, 0.717) is 18.0 Å². The van der Waals surface area contributed by atoms with Gasteiger partial charge in [-0.25, -0.2) is 18.2 Å². The van der Waals surface area contributed by atoms with Crippen LogP contribution in [0, 0.1) is 13.8 Å². The summed E-state index contributed by atoms with van der Waals surface area (Å²) in [7, 11) is -1.30. The van der Waals surface area contributed by atoms with Crippen LogP contribution in [0.5, 0.6) is 0 Å². The average Bonchev–Trinajstić information content (AvgIpc) is 3.54. The summed E-state index contributed by atoms with van der Waals surface area (Å²) in [4.78, 5) is 20.6. The van der Waals surface area contributed by atoms with Crippen LogP contribution in [-0.4, -0.2) is 41.5 Å². The predicted molar refractivity (Wildman–Crippen MR) is 140 cm³/mol. The molecule has 9 heteroatoms. The molecular formula is C27H33N5O3S. The number of rotatable bonds is 5. The summed E-state index contributed by atoms with van der Waals surface area (Å²) in [5, 5.41) is 7.58. The van der Waals surface area contributed by atoms with Gasteiger partial charge in [0.1, 0.15) is 0 Å². The maximum absolute atomic E-state index is 13.3. The quantitative estimate of drug-likeness (QED) is 0.551. The van der Waals surface area contributed by atoms with Crippen LogP contribution in [-0.2, 0) is 28.8 Å². The molecule has 1 fully saturated rings. The Labute approximate surface area is 212 Å². The minimum absolute atomic E-state index is 0.0644. The number of hydrogen-bond donors (Lipinski definition) is 1. The van der Waals surface area contributed by atoms with Crippen LogP contribution in [0.15, 0.2) is 41.3 Å². The molecule has 3 aromatic rings. The zero-order valence-corrected chi connectivity index (χ0v) is 22.2. The molecule has 0 bridgehead atoms. The molecule has 2 amide bonds. The average molecular weight is 508 g/mol. The maximum Gasteiger partial charge on any atom is 0.322 e. The summed E-state index contributed by atoms with van der Waals surface area (Å²) in [5.41, 5.74) is 6.63. The van der Waals surface area contributed by atoms with Crippen LogP contribution in [0.2, 0.25) is 0 Å². The Morgan fingerprint density at radius 2 is 1.78 bits per heavy atom. The topological polar surface area (TPSA) is 97.2 Å². The zero-order chi connectivity index (χ0) is 25.7. The van der Waals surface area contributed by atoms with Gasteiger partial charge in [0.15, 0.2) is 9.84 Å².